The van der Waals surface area contributed by atoms with Crippen LogP contribution in [0.1, 0.15) is 21.6 Å². The Morgan fingerprint density at radius 1 is 1.43 bits per heavy atom. The topological polar surface area (TPSA) is 74.7 Å². The first-order valence-electron chi connectivity index (χ1n) is 7.47. The molecule has 1 aromatic heterocycles. The van der Waals surface area contributed by atoms with Crippen molar-refractivity contribution in [2.45, 2.75) is 13.5 Å². The van der Waals surface area contributed by atoms with Crippen molar-refractivity contribution >= 4 is 22.4 Å². The van der Waals surface area contributed by atoms with E-state index in [1.54, 1.807) is 12.1 Å². The first-order chi connectivity index (χ1) is 11.1. The van der Waals surface area contributed by atoms with E-state index in [0.29, 0.717) is 5.13 Å². The quantitative estimate of drug-likeness (QED) is 0.897. The maximum atomic E-state index is 12.3. The lowest BCUT2D eigenvalue weighted by Crippen LogP contribution is -2.35. The highest BCUT2D eigenvalue weighted by molar-refractivity contribution is 7.14. The van der Waals surface area contributed by atoms with Crippen molar-refractivity contribution in [2.24, 2.45) is 0 Å². The summed E-state index contributed by atoms with van der Waals surface area (Å²) in [7, 11) is 0. The molecule has 2 N–H and O–H groups in total. The van der Waals surface area contributed by atoms with Gasteiger partial charge in [-0.25, -0.2) is 4.98 Å². The number of phenols is 1. The molecule has 2 heterocycles. The maximum Gasteiger partial charge on any atom is 0.261 e. The number of morpholine rings is 1. The van der Waals surface area contributed by atoms with Crippen LogP contribution < -0.4 is 5.32 Å². The van der Waals surface area contributed by atoms with Crippen LogP contribution in [-0.4, -0.2) is 47.2 Å². The fraction of sp³-hybridized carbons (Fsp3) is 0.375. The molecule has 2 aromatic rings. The van der Waals surface area contributed by atoms with Crippen LogP contribution in [-0.2, 0) is 11.3 Å². The van der Waals surface area contributed by atoms with Gasteiger partial charge in [-0.1, -0.05) is 11.6 Å². The highest BCUT2D eigenvalue weighted by Gasteiger charge is 2.15. The Kier molecular flexibility index (Phi) is 4.90. The molecule has 0 bridgehead atoms. The summed E-state index contributed by atoms with van der Waals surface area (Å²) < 4.78 is 5.32. The van der Waals surface area contributed by atoms with E-state index < -0.39 is 0 Å². The van der Waals surface area contributed by atoms with E-state index in [1.165, 1.54) is 17.4 Å². The average Bonchev–Trinajstić information content (AvgIpc) is 2.97. The molecule has 0 saturated carbocycles. The second-order valence-corrected chi connectivity index (χ2v) is 6.37. The molecule has 0 spiro atoms. The Labute approximate surface area is 138 Å². The summed E-state index contributed by atoms with van der Waals surface area (Å²) in [6.07, 6.45) is 0. The molecular weight excluding hydrogens is 314 g/mol. The second kappa shape index (κ2) is 7.08. The van der Waals surface area contributed by atoms with E-state index in [4.69, 9.17) is 4.74 Å². The van der Waals surface area contributed by atoms with Crippen LogP contribution >= 0.6 is 11.3 Å². The van der Waals surface area contributed by atoms with Gasteiger partial charge in [0.2, 0.25) is 0 Å². The number of aromatic hydroxyl groups is 1. The zero-order valence-electron chi connectivity index (χ0n) is 12.9. The van der Waals surface area contributed by atoms with Gasteiger partial charge in [-0.05, 0) is 19.1 Å². The van der Waals surface area contributed by atoms with Gasteiger partial charge < -0.3 is 9.84 Å². The Morgan fingerprint density at radius 2 is 2.22 bits per heavy atom. The highest BCUT2D eigenvalue weighted by Crippen LogP contribution is 2.22. The molecule has 6 nitrogen and oxygen atoms in total. The predicted octanol–water partition coefficient (Wildman–Crippen LogP) is 2.24. The Morgan fingerprint density at radius 3 is 3.00 bits per heavy atom. The van der Waals surface area contributed by atoms with Crippen LogP contribution in [0.3, 0.4) is 0 Å². The molecule has 23 heavy (non-hydrogen) atoms. The van der Waals surface area contributed by atoms with E-state index in [2.05, 4.69) is 15.2 Å². The molecule has 1 saturated heterocycles. The lowest BCUT2D eigenvalue weighted by atomic mass is 10.1. The standard InChI is InChI=1S/C16H19N3O3S/c1-11-2-3-14(20)13(8-11)15(21)18-16-17-12(10-23-16)9-19-4-6-22-7-5-19/h2-3,8,10,20H,4-7,9H2,1H3,(H,17,18,21). The molecule has 1 aromatic carbocycles. The molecule has 0 atom stereocenters. The lowest BCUT2D eigenvalue weighted by molar-refractivity contribution is 0.0337. The summed E-state index contributed by atoms with van der Waals surface area (Å²) >= 11 is 1.39. The molecule has 1 aliphatic heterocycles. The van der Waals surface area contributed by atoms with Crippen LogP contribution in [0.4, 0.5) is 5.13 Å². The number of phenolic OH excluding ortho intramolecular Hbond substituents is 1. The second-order valence-electron chi connectivity index (χ2n) is 5.51. The van der Waals surface area contributed by atoms with Crippen LogP contribution in [0.25, 0.3) is 0 Å². The monoisotopic (exact) mass is 333 g/mol. The number of hydrogen-bond donors (Lipinski definition) is 2. The fourth-order valence-electron chi connectivity index (χ4n) is 2.42. The Hall–Kier alpha value is -1.96. The molecule has 1 amide bonds. The Bertz CT molecular complexity index is 696. The van der Waals surface area contributed by atoms with Gasteiger partial charge in [0.15, 0.2) is 5.13 Å². The van der Waals surface area contributed by atoms with E-state index in [0.717, 1.165) is 44.1 Å². The van der Waals surface area contributed by atoms with E-state index in [-0.39, 0.29) is 17.2 Å². The van der Waals surface area contributed by atoms with Gasteiger partial charge in [0, 0.05) is 25.0 Å². The number of nitrogens with one attached hydrogen (secondary N) is 1. The van der Waals surface area contributed by atoms with Crippen LogP contribution in [0.2, 0.25) is 0 Å². The summed E-state index contributed by atoms with van der Waals surface area (Å²) in [6, 6.07) is 4.94. The number of thiazole rings is 1. The van der Waals surface area contributed by atoms with Gasteiger partial charge in [0.05, 0.1) is 24.5 Å². The normalized spacial score (nSPS) is 15.5. The van der Waals surface area contributed by atoms with E-state index in [9.17, 15) is 9.90 Å². The number of rotatable bonds is 4. The minimum Gasteiger partial charge on any atom is -0.507 e. The van der Waals surface area contributed by atoms with Gasteiger partial charge in [-0.3, -0.25) is 15.0 Å². The zero-order valence-corrected chi connectivity index (χ0v) is 13.7. The molecule has 1 fully saturated rings. The lowest BCUT2D eigenvalue weighted by Gasteiger charge is -2.25. The minimum atomic E-state index is -0.349. The first kappa shape index (κ1) is 15.9. The van der Waals surface area contributed by atoms with Crippen molar-refractivity contribution in [3.63, 3.8) is 0 Å². The van der Waals surface area contributed by atoms with Gasteiger partial charge >= 0.3 is 0 Å². The molecule has 0 aliphatic carbocycles. The van der Waals surface area contributed by atoms with E-state index in [1.807, 2.05) is 12.3 Å². The van der Waals surface area contributed by atoms with Crippen molar-refractivity contribution < 1.29 is 14.6 Å². The minimum absolute atomic E-state index is 0.0294. The zero-order chi connectivity index (χ0) is 16.2. The number of benzene rings is 1. The molecule has 0 radical (unpaired) electrons. The average molecular weight is 333 g/mol. The molecular formula is C16H19N3O3S. The summed E-state index contributed by atoms with van der Waals surface area (Å²) in [5, 5.41) is 15.0. The molecule has 3 rings (SSSR count). The number of amides is 1. The summed E-state index contributed by atoms with van der Waals surface area (Å²) in [5.41, 5.74) is 2.11. The van der Waals surface area contributed by atoms with Crippen LogP contribution in [0.5, 0.6) is 5.75 Å². The number of aryl methyl sites for hydroxylation is 1. The van der Waals surface area contributed by atoms with Crippen molar-refractivity contribution in [1.82, 2.24) is 9.88 Å². The number of carbonyl (C=O) groups excluding carboxylic acids is 1. The van der Waals surface area contributed by atoms with Gasteiger partial charge in [0.25, 0.3) is 5.91 Å². The molecule has 1 aliphatic rings. The highest BCUT2D eigenvalue weighted by atomic mass is 32.1. The number of nitrogens with zero attached hydrogens (tertiary/aromatic N) is 2. The van der Waals surface area contributed by atoms with Gasteiger partial charge in [0.1, 0.15) is 5.75 Å². The van der Waals surface area contributed by atoms with Crippen molar-refractivity contribution in [3.8, 4) is 5.75 Å². The van der Waals surface area contributed by atoms with E-state index >= 15 is 0 Å². The van der Waals surface area contributed by atoms with Crippen LogP contribution in [0, 0.1) is 6.92 Å². The Balaban J connectivity index is 1.64. The largest absolute Gasteiger partial charge is 0.507 e. The fourth-order valence-corrected chi connectivity index (χ4v) is 3.12. The SMILES string of the molecule is Cc1ccc(O)c(C(=O)Nc2nc(CN3CCOCC3)cs2)c1. The number of anilines is 1. The third kappa shape index (κ3) is 4.07. The molecule has 0 unspecified atom stereocenters. The maximum absolute atomic E-state index is 12.3. The van der Waals surface area contributed by atoms with Crippen LogP contribution in [0.15, 0.2) is 23.6 Å². The summed E-state index contributed by atoms with van der Waals surface area (Å²) in [6.45, 7) is 5.93. The first-order valence-corrected chi connectivity index (χ1v) is 8.35. The summed E-state index contributed by atoms with van der Waals surface area (Å²) in [4.78, 5) is 19.0. The molecule has 122 valence electrons. The predicted molar refractivity (Wildman–Crippen MR) is 89.0 cm³/mol. The van der Waals surface area contributed by atoms with Gasteiger partial charge in [-0.2, -0.15) is 0 Å². The number of carbonyl (C=O) groups is 1. The number of aromatic nitrogens is 1. The number of ether oxygens (including phenoxy) is 1. The van der Waals surface area contributed by atoms with Crippen molar-refractivity contribution in [3.05, 3.63) is 40.4 Å². The third-order valence-electron chi connectivity index (χ3n) is 3.66. The molecule has 7 heteroatoms. The van der Waals surface area contributed by atoms with Crippen molar-refractivity contribution in [2.75, 3.05) is 31.6 Å². The van der Waals surface area contributed by atoms with Gasteiger partial charge in [-0.15, -0.1) is 11.3 Å². The smallest absolute Gasteiger partial charge is 0.261 e. The third-order valence-corrected chi connectivity index (χ3v) is 4.46. The number of hydrogen-bond acceptors (Lipinski definition) is 6. The summed E-state index contributed by atoms with van der Waals surface area (Å²) in [5.74, 6) is -0.378. The van der Waals surface area contributed by atoms with Crippen molar-refractivity contribution in [1.29, 1.82) is 0 Å².